The van der Waals surface area contributed by atoms with Crippen molar-refractivity contribution in [1.82, 2.24) is 10.6 Å². The number of benzene rings is 1. The molecule has 5 aliphatic rings. The molecule has 0 unspecified atom stereocenters. The highest BCUT2D eigenvalue weighted by Crippen LogP contribution is 2.67. The second-order valence-corrected chi connectivity index (χ2v) is 17.0. The van der Waals surface area contributed by atoms with Crippen molar-refractivity contribution in [2.45, 2.75) is 95.8 Å². The summed E-state index contributed by atoms with van der Waals surface area (Å²) in [7, 11) is 1.87. The number of carbonyl (C=O) groups is 1. The van der Waals surface area contributed by atoms with Gasteiger partial charge in [-0.15, -0.1) is 0 Å². The molecule has 1 spiro atoms. The number of rotatable bonds is 11. The van der Waals surface area contributed by atoms with E-state index in [1.165, 1.54) is 23.1 Å². The van der Waals surface area contributed by atoms with Crippen LogP contribution in [0.15, 0.2) is 95.2 Å². The first kappa shape index (κ1) is 39.8. The Balaban J connectivity index is 1.31. The van der Waals surface area contributed by atoms with Gasteiger partial charge in [-0.05, 0) is 138 Å². The van der Waals surface area contributed by atoms with Crippen molar-refractivity contribution in [3.05, 3.63) is 106 Å². The van der Waals surface area contributed by atoms with E-state index in [1.807, 2.05) is 26.1 Å². The van der Waals surface area contributed by atoms with Crippen LogP contribution >= 0.6 is 0 Å². The number of aliphatic hydroxyl groups is 4. The lowest BCUT2D eigenvalue weighted by molar-refractivity contribution is -0.194. The average molecular weight is 725 g/mol. The molecule has 1 aromatic rings. The van der Waals surface area contributed by atoms with Crippen molar-refractivity contribution in [2.24, 2.45) is 40.9 Å². The van der Waals surface area contributed by atoms with E-state index in [9.17, 15) is 25.2 Å². The van der Waals surface area contributed by atoms with Gasteiger partial charge in [0.1, 0.15) is 6.29 Å². The fraction of sp³-hybridized carbons (Fsp3) is 0.587. The van der Waals surface area contributed by atoms with Crippen molar-refractivity contribution in [2.75, 3.05) is 33.4 Å². The molecule has 7 nitrogen and oxygen atoms in total. The molecular formula is C46H64N2O5. The van der Waals surface area contributed by atoms with Gasteiger partial charge in [-0.1, -0.05) is 84.0 Å². The van der Waals surface area contributed by atoms with Crippen molar-refractivity contribution >= 4 is 6.29 Å². The van der Waals surface area contributed by atoms with Crippen LogP contribution in [0.4, 0.5) is 0 Å². The van der Waals surface area contributed by atoms with Gasteiger partial charge in [0.25, 0.3) is 0 Å². The summed E-state index contributed by atoms with van der Waals surface area (Å²) in [6.45, 7) is 10.0. The van der Waals surface area contributed by atoms with Crippen molar-refractivity contribution in [1.29, 1.82) is 0 Å². The number of hydrogen-bond donors (Lipinski definition) is 6. The Morgan fingerprint density at radius 1 is 1.13 bits per heavy atom. The maximum atomic E-state index is 12.8. The number of carbonyl (C=O) groups excluding carboxylic acids is 1. The van der Waals surface area contributed by atoms with Crippen LogP contribution in [0.2, 0.25) is 0 Å². The normalized spacial score (nSPS) is 36.9. The first-order chi connectivity index (χ1) is 25.6. The van der Waals surface area contributed by atoms with Crippen LogP contribution in [0, 0.1) is 40.9 Å². The Morgan fingerprint density at radius 3 is 2.66 bits per heavy atom. The van der Waals surface area contributed by atoms with E-state index in [-0.39, 0.29) is 42.8 Å². The molecule has 2 saturated carbocycles. The summed E-state index contributed by atoms with van der Waals surface area (Å²) in [5.74, 6) is -0.252. The number of fused-ring (bicyclic) bond motifs is 6. The average Bonchev–Trinajstić information content (AvgIpc) is 3.50. The van der Waals surface area contributed by atoms with E-state index in [4.69, 9.17) is 0 Å². The van der Waals surface area contributed by atoms with Gasteiger partial charge in [0, 0.05) is 36.4 Å². The van der Waals surface area contributed by atoms with Crippen molar-refractivity contribution in [3.8, 4) is 0 Å². The molecule has 7 heteroatoms. The molecule has 6 rings (SSSR count). The molecule has 6 N–H and O–H groups in total. The first-order valence-corrected chi connectivity index (χ1v) is 20.3. The van der Waals surface area contributed by atoms with Crippen LogP contribution in [0.5, 0.6) is 0 Å². The monoisotopic (exact) mass is 724 g/mol. The van der Waals surface area contributed by atoms with Gasteiger partial charge in [0.15, 0.2) is 0 Å². The van der Waals surface area contributed by atoms with Gasteiger partial charge in [0.2, 0.25) is 0 Å². The van der Waals surface area contributed by atoms with Gasteiger partial charge in [-0.2, -0.15) is 0 Å². The van der Waals surface area contributed by atoms with E-state index < -0.39 is 17.1 Å². The van der Waals surface area contributed by atoms with Gasteiger partial charge in [0.05, 0.1) is 18.3 Å². The third-order valence-electron chi connectivity index (χ3n) is 13.8. The van der Waals surface area contributed by atoms with E-state index in [2.05, 4.69) is 72.7 Å². The van der Waals surface area contributed by atoms with E-state index in [0.717, 1.165) is 55.2 Å². The molecule has 0 saturated heterocycles. The van der Waals surface area contributed by atoms with Gasteiger partial charge < -0.3 is 31.1 Å². The highest BCUT2D eigenvalue weighted by molar-refractivity contribution is 5.74. The summed E-state index contributed by atoms with van der Waals surface area (Å²) >= 11 is 0. The first-order valence-electron chi connectivity index (χ1n) is 20.3. The molecule has 1 aliphatic heterocycles. The van der Waals surface area contributed by atoms with Crippen LogP contribution in [0.3, 0.4) is 0 Å². The summed E-state index contributed by atoms with van der Waals surface area (Å²) in [5.41, 5.74) is 5.47. The minimum absolute atomic E-state index is 0.0227. The van der Waals surface area contributed by atoms with Gasteiger partial charge >= 0.3 is 0 Å². The molecule has 1 aromatic carbocycles. The standard InChI is InChI=1S/C46H64N2O5/c1-30(41-25-34-10-6-9-33(23-34)22-32(3)48-27-35-11-7-12-37(41)24-35)8-5-13-39(29-51)40-16-18-46(44(40)52)43-36(17-21-49)14-15-38(42(43)31(2)28-50)26-45(46,53)19-20-47-4/h5-6,8-10,13-15,23-24,28,32,36-38,40-41,43-44,47-49,51-53H,1,7,11-12,16-22,25-27,29H2,2-4H3/t32-,36-,37+,38-,40+,41-,43+,44+,45+,46+/m0/s1. The van der Waals surface area contributed by atoms with Crippen LogP contribution < -0.4 is 10.6 Å². The zero-order chi connectivity index (χ0) is 37.8. The lowest BCUT2D eigenvalue weighted by atomic mass is 9.45. The Hall–Kier alpha value is -2.91. The molecule has 1 heterocycles. The largest absolute Gasteiger partial charge is 0.396 e. The minimum atomic E-state index is -1.21. The smallest absolute Gasteiger partial charge is 0.145 e. The fourth-order valence-corrected chi connectivity index (χ4v) is 11.3. The summed E-state index contributed by atoms with van der Waals surface area (Å²) < 4.78 is 0. The Morgan fingerprint density at radius 2 is 1.92 bits per heavy atom. The quantitative estimate of drug-likeness (QED) is 0.0722. The molecule has 0 amide bonds. The molecule has 4 aliphatic carbocycles. The lowest BCUT2D eigenvalue weighted by Gasteiger charge is -2.61. The highest BCUT2D eigenvalue weighted by atomic mass is 16.3. The molecule has 6 bridgehead atoms. The van der Waals surface area contributed by atoms with E-state index in [0.29, 0.717) is 56.2 Å². The Kier molecular flexibility index (Phi) is 13.0. The summed E-state index contributed by atoms with van der Waals surface area (Å²) in [5, 5.41) is 53.3. The maximum absolute atomic E-state index is 12.8. The van der Waals surface area contributed by atoms with Gasteiger partial charge in [-0.25, -0.2) is 0 Å². The molecular weight excluding hydrogens is 661 g/mol. The zero-order valence-corrected chi connectivity index (χ0v) is 32.3. The number of hydrogen-bond acceptors (Lipinski definition) is 7. The number of aliphatic hydroxyl groups excluding tert-OH is 3. The highest BCUT2D eigenvalue weighted by Gasteiger charge is 2.68. The van der Waals surface area contributed by atoms with Crippen molar-refractivity contribution < 1.29 is 25.2 Å². The second kappa shape index (κ2) is 17.3. The van der Waals surface area contributed by atoms with E-state index >= 15 is 0 Å². The molecule has 2 fully saturated rings. The molecule has 0 radical (unpaired) electrons. The number of nitrogens with one attached hydrogen (secondary N) is 2. The lowest BCUT2D eigenvalue weighted by Crippen LogP contribution is -2.65. The third-order valence-corrected chi connectivity index (χ3v) is 13.8. The molecule has 0 aromatic heterocycles. The van der Waals surface area contributed by atoms with Crippen molar-refractivity contribution in [3.63, 3.8) is 0 Å². The molecule has 288 valence electrons. The number of aldehydes is 1. The SMILES string of the molecule is C=C(C=CC=C(CO)[C@H]1CC[C@]2([C@@H]1O)[C@H]1C(=C(C)C=O)[C@@H](C=C[C@H]1CCO)C[C@]2(O)CCNC)[C@@H]1Cc2cccc(c2)C[C@H](C)NCC2=C[C@H]1CCC2. The number of allylic oxidation sites excluding steroid dienone is 9. The van der Waals surface area contributed by atoms with Crippen LogP contribution in [-0.4, -0.2) is 77.8 Å². The topological polar surface area (TPSA) is 122 Å². The zero-order valence-electron chi connectivity index (χ0n) is 32.3. The maximum Gasteiger partial charge on any atom is 0.145 e. The second-order valence-electron chi connectivity index (χ2n) is 17.0. The fourth-order valence-electron chi connectivity index (χ4n) is 11.3. The molecule has 10 atom stereocenters. The van der Waals surface area contributed by atoms with E-state index in [1.54, 1.807) is 0 Å². The predicted octanol–water partition coefficient (Wildman–Crippen LogP) is 5.95. The van der Waals surface area contributed by atoms with Crippen LogP contribution in [0.1, 0.15) is 76.3 Å². The molecule has 53 heavy (non-hydrogen) atoms. The Bertz CT molecular complexity index is 1640. The summed E-state index contributed by atoms with van der Waals surface area (Å²) in [6, 6.07) is 9.41. The predicted molar refractivity (Wildman–Crippen MR) is 213 cm³/mol. The third kappa shape index (κ3) is 7.94. The summed E-state index contributed by atoms with van der Waals surface area (Å²) in [4.78, 5) is 12.3. The minimum Gasteiger partial charge on any atom is -0.396 e. The summed E-state index contributed by atoms with van der Waals surface area (Å²) in [6.07, 6.45) is 20.7. The van der Waals surface area contributed by atoms with Gasteiger partial charge in [-0.3, -0.25) is 4.79 Å². The van der Waals surface area contributed by atoms with Crippen LogP contribution in [0.25, 0.3) is 0 Å². The van der Waals surface area contributed by atoms with Crippen LogP contribution in [-0.2, 0) is 17.6 Å². The Labute approximate surface area is 317 Å².